The van der Waals surface area contributed by atoms with Gasteiger partial charge in [0.15, 0.2) is 0 Å². The number of esters is 1. The lowest BCUT2D eigenvalue weighted by Gasteiger charge is -2.71. The third-order valence-electron chi connectivity index (χ3n) is 16.8. The summed E-state index contributed by atoms with van der Waals surface area (Å²) >= 11 is 0. The molecule has 0 amide bonds. The number of ether oxygens (including phenoxy) is 2. The van der Waals surface area contributed by atoms with E-state index in [9.17, 15) is 4.79 Å². The molecule has 2 aromatic heterocycles. The number of nitrogens with two attached hydrogens (primary N) is 1. The number of hydrogen-bond donors (Lipinski definition) is 3. The third-order valence-corrected chi connectivity index (χ3v) is 16.8. The minimum Gasteiger partial charge on any atom is -0.465 e. The molecule has 0 bridgehead atoms. The van der Waals surface area contributed by atoms with E-state index in [4.69, 9.17) is 15.2 Å². The number of anilines is 1. The van der Waals surface area contributed by atoms with Crippen molar-refractivity contribution in [1.82, 2.24) is 20.1 Å². The minimum atomic E-state index is -0.457. The number of allylic oxidation sites excluding steroid dienone is 2. The maximum atomic E-state index is 14.6. The lowest BCUT2D eigenvalue weighted by atomic mass is 9.32. The fraction of sp³-hybridized carbons (Fsp3) is 0.773. The van der Waals surface area contributed by atoms with E-state index in [1.165, 1.54) is 40.8 Å². The van der Waals surface area contributed by atoms with E-state index < -0.39 is 5.41 Å². The number of fused-ring (bicyclic) bond motifs is 8. The van der Waals surface area contributed by atoms with Gasteiger partial charge >= 0.3 is 5.97 Å². The fourth-order valence-electron chi connectivity index (χ4n) is 13.7. The largest absolute Gasteiger partial charge is 0.465 e. The molecule has 2 aromatic rings. The van der Waals surface area contributed by atoms with Crippen molar-refractivity contribution in [2.45, 2.75) is 138 Å². The predicted octanol–water partition coefficient (Wildman–Crippen LogP) is 8.84. The Bertz CT molecular complexity index is 1730. The van der Waals surface area contributed by atoms with E-state index in [-0.39, 0.29) is 39.0 Å². The Labute approximate surface area is 312 Å². The Balaban J connectivity index is 1.33. The first-order valence-electron chi connectivity index (χ1n) is 20.8. The SMILES string of the molecule is CCCCOC(=O)[C@]12CCC(C)(C)C[C@H]1C1=C(c3c[nH]cc3CN3CCOCC3)CC3[C@@]4(C)Cc5c(N)n[nH]c5C(C)(C)[C@@H]4CC[C@@]3(C)[C@]1(C)CC2. The van der Waals surface area contributed by atoms with Gasteiger partial charge in [-0.15, -0.1) is 0 Å². The number of nitrogen functional groups attached to an aromatic ring is 1. The quantitative estimate of drug-likeness (QED) is 0.196. The number of aromatic nitrogens is 3. The molecule has 8 heteroatoms. The summed E-state index contributed by atoms with van der Waals surface area (Å²) in [6.45, 7) is 24.8. The summed E-state index contributed by atoms with van der Waals surface area (Å²) < 4.78 is 12.0. The molecule has 3 saturated carbocycles. The van der Waals surface area contributed by atoms with Gasteiger partial charge in [-0.1, -0.05) is 67.4 Å². The first kappa shape index (κ1) is 36.4. The molecule has 0 spiro atoms. The van der Waals surface area contributed by atoms with Gasteiger partial charge in [0.25, 0.3) is 0 Å². The maximum absolute atomic E-state index is 14.6. The zero-order valence-electron chi connectivity index (χ0n) is 33.6. The molecule has 3 heterocycles. The highest BCUT2D eigenvalue weighted by atomic mass is 16.5. The van der Waals surface area contributed by atoms with E-state index >= 15 is 0 Å². The topological polar surface area (TPSA) is 109 Å². The number of nitrogens with one attached hydrogen (secondary N) is 2. The van der Waals surface area contributed by atoms with Crippen LogP contribution in [0.3, 0.4) is 0 Å². The van der Waals surface area contributed by atoms with Gasteiger partial charge < -0.3 is 20.2 Å². The minimum absolute atomic E-state index is 0.0431. The Morgan fingerprint density at radius 1 is 1.02 bits per heavy atom. The van der Waals surface area contributed by atoms with Gasteiger partial charge in [-0.05, 0) is 120 Å². The summed E-state index contributed by atoms with van der Waals surface area (Å²) in [7, 11) is 0. The van der Waals surface area contributed by atoms with Crippen molar-refractivity contribution in [2.24, 2.45) is 44.8 Å². The second-order valence-corrected chi connectivity index (χ2v) is 20.2. The predicted molar refractivity (Wildman–Crippen MR) is 207 cm³/mol. The van der Waals surface area contributed by atoms with Crippen LogP contribution in [0.5, 0.6) is 0 Å². The molecule has 4 fully saturated rings. The third kappa shape index (κ3) is 5.18. The lowest BCUT2D eigenvalue weighted by molar-refractivity contribution is -0.180. The van der Waals surface area contributed by atoms with Crippen LogP contribution >= 0.6 is 0 Å². The average molecular weight is 714 g/mol. The Kier molecular flexibility index (Phi) is 8.73. The zero-order chi connectivity index (χ0) is 36.9. The van der Waals surface area contributed by atoms with E-state index in [1.54, 1.807) is 5.57 Å². The monoisotopic (exact) mass is 714 g/mol. The molecule has 0 radical (unpaired) electrons. The first-order valence-corrected chi connectivity index (χ1v) is 20.8. The number of unbranched alkanes of at least 4 members (excludes halogenated alkanes) is 1. The lowest BCUT2D eigenvalue weighted by Crippen LogP contribution is -2.65. The smallest absolute Gasteiger partial charge is 0.312 e. The van der Waals surface area contributed by atoms with Crippen molar-refractivity contribution in [3.05, 3.63) is 40.4 Å². The van der Waals surface area contributed by atoms with Crippen LogP contribution in [0, 0.1) is 44.8 Å². The van der Waals surface area contributed by atoms with Gasteiger partial charge in [-0.3, -0.25) is 14.8 Å². The molecule has 6 aliphatic rings. The molecule has 286 valence electrons. The number of morpholine rings is 1. The van der Waals surface area contributed by atoms with Gasteiger partial charge in [-0.25, -0.2) is 0 Å². The molecule has 52 heavy (non-hydrogen) atoms. The van der Waals surface area contributed by atoms with Crippen molar-refractivity contribution < 1.29 is 14.3 Å². The van der Waals surface area contributed by atoms with Crippen LogP contribution in [0.1, 0.15) is 142 Å². The summed E-state index contributed by atoms with van der Waals surface area (Å²) in [4.78, 5) is 20.8. The maximum Gasteiger partial charge on any atom is 0.312 e. The van der Waals surface area contributed by atoms with Crippen molar-refractivity contribution in [2.75, 3.05) is 38.6 Å². The summed E-state index contributed by atoms with van der Waals surface area (Å²) in [5.41, 5.74) is 14.8. The van der Waals surface area contributed by atoms with Crippen molar-refractivity contribution in [3.8, 4) is 0 Å². The number of nitrogens with zero attached hydrogens (tertiary/aromatic N) is 2. The number of aromatic amines is 2. The molecule has 8 rings (SSSR count). The van der Waals surface area contributed by atoms with Crippen LogP contribution in [0.15, 0.2) is 18.0 Å². The standard InChI is InChI=1S/C44H67N5O3/c1-9-10-19-52-38(50)44-15-13-39(2,3)24-32(44)35-29(31-26-46-25-28(31)27-49-17-20-51-21-18-49)22-34-41(6)23-30-36(47-48-37(30)45)40(4,5)33(41)11-12-42(34,7)43(35,8)14-16-44/h25-26,32-34,46H,9-24,27H2,1-8H3,(H3,45,47,48)/t32-,33-,34?,41-,42+,43+,44-/m0/s1. The summed E-state index contributed by atoms with van der Waals surface area (Å²) in [5, 5.41) is 8.00. The zero-order valence-corrected chi connectivity index (χ0v) is 33.6. The highest BCUT2D eigenvalue weighted by Gasteiger charge is 2.70. The number of hydrogen-bond acceptors (Lipinski definition) is 6. The van der Waals surface area contributed by atoms with Gasteiger partial charge in [-0.2, -0.15) is 5.10 Å². The number of H-pyrrole nitrogens is 2. The average Bonchev–Trinajstić information content (AvgIpc) is 3.71. The van der Waals surface area contributed by atoms with E-state index in [0.29, 0.717) is 24.3 Å². The summed E-state index contributed by atoms with van der Waals surface area (Å²) in [5.74, 6) is 1.91. The molecule has 7 atom stereocenters. The molecular formula is C44H67N5O3. The second-order valence-electron chi connectivity index (χ2n) is 20.2. The van der Waals surface area contributed by atoms with Gasteiger partial charge in [0, 0.05) is 48.7 Å². The van der Waals surface area contributed by atoms with Crippen LogP contribution in [0.25, 0.3) is 5.57 Å². The van der Waals surface area contributed by atoms with E-state index in [1.807, 2.05) is 0 Å². The molecular weight excluding hydrogens is 647 g/mol. The van der Waals surface area contributed by atoms with Crippen LogP contribution in [0.2, 0.25) is 0 Å². The van der Waals surface area contributed by atoms with Crippen LogP contribution < -0.4 is 5.73 Å². The van der Waals surface area contributed by atoms with Gasteiger partial charge in [0.05, 0.1) is 25.2 Å². The molecule has 1 saturated heterocycles. The normalized spacial score (nSPS) is 38.0. The summed E-state index contributed by atoms with van der Waals surface area (Å²) in [6, 6.07) is 0. The first-order chi connectivity index (χ1) is 24.6. The summed E-state index contributed by atoms with van der Waals surface area (Å²) in [6.07, 6.45) is 15.9. The van der Waals surface area contributed by atoms with Gasteiger partial charge in [0.1, 0.15) is 5.82 Å². The Hall–Kier alpha value is -2.58. The van der Waals surface area contributed by atoms with Gasteiger partial charge in [0.2, 0.25) is 0 Å². The van der Waals surface area contributed by atoms with Crippen LogP contribution in [-0.2, 0) is 32.6 Å². The molecule has 8 nitrogen and oxygen atoms in total. The Morgan fingerprint density at radius 2 is 1.77 bits per heavy atom. The number of carbonyl (C=O) groups excluding carboxylic acids is 1. The molecule has 1 aliphatic heterocycles. The van der Waals surface area contributed by atoms with Crippen molar-refractivity contribution in [3.63, 3.8) is 0 Å². The van der Waals surface area contributed by atoms with E-state index in [0.717, 1.165) is 90.6 Å². The van der Waals surface area contributed by atoms with Crippen molar-refractivity contribution >= 4 is 17.4 Å². The molecule has 5 aliphatic carbocycles. The fourth-order valence-corrected chi connectivity index (χ4v) is 13.7. The second kappa shape index (κ2) is 12.5. The van der Waals surface area contributed by atoms with E-state index in [2.05, 4.69) is 87.9 Å². The molecule has 0 aromatic carbocycles. The molecule has 1 unspecified atom stereocenters. The highest BCUT2D eigenvalue weighted by Crippen LogP contribution is 2.77. The van der Waals surface area contributed by atoms with Crippen LogP contribution in [-0.4, -0.2) is 59.0 Å². The van der Waals surface area contributed by atoms with Crippen LogP contribution in [0.4, 0.5) is 5.82 Å². The highest BCUT2D eigenvalue weighted by molar-refractivity contribution is 5.82. The number of carbonyl (C=O) groups is 1. The Morgan fingerprint density at radius 3 is 2.52 bits per heavy atom. The molecule has 4 N–H and O–H groups in total. The number of rotatable bonds is 7. The van der Waals surface area contributed by atoms with Crippen molar-refractivity contribution in [1.29, 1.82) is 0 Å².